The van der Waals surface area contributed by atoms with Crippen LogP contribution in [-0.4, -0.2) is 25.9 Å². The lowest BCUT2D eigenvalue weighted by Crippen LogP contribution is -2.25. The van der Waals surface area contributed by atoms with Gasteiger partial charge in [-0.2, -0.15) is 10.2 Å². The van der Waals surface area contributed by atoms with Crippen molar-refractivity contribution < 1.29 is 4.79 Å². The summed E-state index contributed by atoms with van der Waals surface area (Å²) in [6, 6.07) is 22.2. The molecule has 2 aromatic heterocycles. The maximum absolute atomic E-state index is 12.3. The van der Waals surface area contributed by atoms with Gasteiger partial charge in [0.1, 0.15) is 5.69 Å². The number of amides is 1. The number of para-hydroxylation sites is 1. The summed E-state index contributed by atoms with van der Waals surface area (Å²) in [5.74, 6) is -0.372. The van der Waals surface area contributed by atoms with Crippen molar-refractivity contribution in [3.63, 3.8) is 0 Å². The van der Waals surface area contributed by atoms with Gasteiger partial charge in [-0.05, 0) is 18.2 Å². The summed E-state index contributed by atoms with van der Waals surface area (Å²) in [4.78, 5) is 23.4. The summed E-state index contributed by atoms with van der Waals surface area (Å²) in [5, 5.41) is 13.6. The van der Waals surface area contributed by atoms with Gasteiger partial charge in [-0.1, -0.05) is 48.5 Å². The summed E-state index contributed by atoms with van der Waals surface area (Å²) in [5.41, 5.74) is 3.35. The molecule has 0 aliphatic carbocycles. The van der Waals surface area contributed by atoms with Crippen molar-refractivity contribution in [3.05, 3.63) is 101 Å². The number of nitrogens with zero attached hydrogens (tertiary/aromatic N) is 3. The van der Waals surface area contributed by atoms with E-state index in [0.717, 1.165) is 22.5 Å². The molecular formula is C21H17N5O2. The normalized spacial score (nSPS) is 10.6. The predicted octanol–water partition coefficient (Wildman–Crippen LogP) is 2.55. The first kappa shape index (κ1) is 17.4. The first-order valence-corrected chi connectivity index (χ1v) is 8.74. The molecule has 4 aromatic rings. The van der Waals surface area contributed by atoms with Gasteiger partial charge in [-0.3, -0.25) is 9.59 Å². The number of aromatic nitrogens is 4. The Morgan fingerprint density at radius 2 is 1.68 bits per heavy atom. The zero-order valence-electron chi connectivity index (χ0n) is 14.9. The monoisotopic (exact) mass is 371 g/mol. The lowest BCUT2D eigenvalue weighted by Gasteiger charge is -2.05. The molecule has 4 rings (SSSR count). The molecule has 0 atom stereocenters. The minimum Gasteiger partial charge on any atom is -0.346 e. The first-order chi connectivity index (χ1) is 13.7. The second-order valence-electron chi connectivity index (χ2n) is 6.14. The predicted molar refractivity (Wildman–Crippen MR) is 105 cm³/mol. The third kappa shape index (κ3) is 3.73. The van der Waals surface area contributed by atoms with Crippen LogP contribution in [-0.2, 0) is 6.54 Å². The molecule has 0 saturated carbocycles. The number of aromatic amines is 1. The lowest BCUT2D eigenvalue weighted by atomic mass is 10.1. The van der Waals surface area contributed by atoms with Crippen molar-refractivity contribution in [2.75, 3.05) is 0 Å². The topological polar surface area (TPSA) is 92.7 Å². The van der Waals surface area contributed by atoms with Gasteiger partial charge in [-0.15, -0.1) is 0 Å². The fraction of sp³-hybridized carbons (Fsp3) is 0.0476. The van der Waals surface area contributed by atoms with Gasteiger partial charge in [0.2, 0.25) is 0 Å². The maximum Gasteiger partial charge on any atom is 0.271 e. The Hall–Kier alpha value is -4.00. The Morgan fingerprint density at radius 1 is 0.964 bits per heavy atom. The summed E-state index contributed by atoms with van der Waals surface area (Å²) in [7, 11) is 0. The van der Waals surface area contributed by atoms with Crippen LogP contribution in [0.2, 0.25) is 0 Å². The van der Waals surface area contributed by atoms with Crippen LogP contribution in [0.3, 0.4) is 0 Å². The van der Waals surface area contributed by atoms with Crippen LogP contribution in [0.4, 0.5) is 0 Å². The van der Waals surface area contributed by atoms with Gasteiger partial charge in [0.15, 0.2) is 0 Å². The molecule has 0 bridgehead atoms. The largest absolute Gasteiger partial charge is 0.346 e. The number of carbonyl (C=O) groups is 1. The molecule has 28 heavy (non-hydrogen) atoms. The molecule has 0 aliphatic rings. The Balaban J connectivity index is 1.63. The Labute approximate surface area is 160 Å². The summed E-state index contributed by atoms with van der Waals surface area (Å²) < 4.78 is 1.79. The minimum absolute atomic E-state index is 0.149. The average molecular weight is 371 g/mol. The molecule has 138 valence electrons. The number of rotatable bonds is 5. The summed E-state index contributed by atoms with van der Waals surface area (Å²) >= 11 is 0. The lowest BCUT2D eigenvalue weighted by molar-refractivity contribution is 0.0945. The van der Waals surface area contributed by atoms with E-state index in [1.54, 1.807) is 4.68 Å². The second-order valence-corrected chi connectivity index (χ2v) is 6.14. The quantitative estimate of drug-likeness (QED) is 0.564. The average Bonchev–Trinajstić information content (AvgIpc) is 3.18. The first-order valence-electron chi connectivity index (χ1n) is 8.74. The van der Waals surface area contributed by atoms with Crippen LogP contribution in [0.5, 0.6) is 0 Å². The standard InChI is InChI=1S/C21H17N5O2/c27-19-12-11-18(23-24-19)21(28)22-13-16-14-26(17-9-5-2-6-10-17)25-20(16)15-7-3-1-4-8-15/h1-12,14H,13H2,(H,22,28)(H,24,27). The van der Waals surface area contributed by atoms with Crippen molar-refractivity contribution >= 4 is 5.91 Å². The van der Waals surface area contributed by atoms with E-state index in [-0.39, 0.29) is 23.7 Å². The van der Waals surface area contributed by atoms with Crippen molar-refractivity contribution in [2.24, 2.45) is 0 Å². The molecule has 0 spiro atoms. The van der Waals surface area contributed by atoms with Crippen LogP contribution < -0.4 is 10.9 Å². The molecular weight excluding hydrogens is 354 g/mol. The Kier molecular flexibility index (Phi) is 4.79. The van der Waals surface area contributed by atoms with E-state index in [1.807, 2.05) is 66.9 Å². The summed E-state index contributed by atoms with van der Waals surface area (Å²) in [6.07, 6.45) is 1.90. The van der Waals surface area contributed by atoms with Gasteiger partial charge in [0, 0.05) is 29.9 Å². The highest BCUT2D eigenvalue weighted by molar-refractivity contribution is 5.92. The van der Waals surface area contributed by atoms with Gasteiger partial charge in [-0.25, -0.2) is 9.78 Å². The molecule has 0 unspecified atom stereocenters. The SMILES string of the molecule is O=C(NCc1cn(-c2ccccc2)nc1-c1ccccc1)c1ccc(=O)[nH]n1. The van der Waals surface area contributed by atoms with Gasteiger partial charge >= 0.3 is 0 Å². The molecule has 7 nitrogen and oxygen atoms in total. The van der Waals surface area contributed by atoms with E-state index >= 15 is 0 Å². The van der Waals surface area contributed by atoms with Gasteiger partial charge in [0.05, 0.1) is 11.4 Å². The Bertz CT molecular complexity index is 1130. The molecule has 2 aromatic carbocycles. The van der Waals surface area contributed by atoms with E-state index in [1.165, 1.54) is 12.1 Å². The maximum atomic E-state index is 12.3. The molecule has 0 aliphatic heterocycles. The fourth-order valence-corrected chi connectivity index (χ4v) is 2.83. The zero-order valence-corrected chi connectivity index (χ0v) is 14.9. The number of nitrogens with one attached hydrogen (secondary N) is 2. The van der Waals surface area contributed by atoms with E-state index in [0.29, 0.717) is 0 Å². The fourth-order valence-electron chi connectivity index (χ4n) is 2.83. The van der Waals surface area contributed by atoms with E-state index in [9.17, 15) is 9.59 Å². The zero-order chi connectivity index (χ0) is 19.3. The second kappa shape index (κ2) is 7.71. The number of hydrogen-bond donors (Lipinski definition) is 2. The molecule has 1 amide bonds. The highest BCUT2D eigenvalue weighted by Gasteiger charge is 2.14. The van der Waals surface area contributed by atoms with Crippen molar-refractivity contribution in [3.8, 4) is 16.9 Å². The molecule has 0 fully saturated rings. The number of hydrogen-bond acceptors (Lipinski definition) is 4. The minimum atomic E-state index is -0.372. The third-order valence-electron chi connectivity index (χ3n) is 4.21. The molecule has 0 radical (unpaired) electrons. The third-order valence-corrected chi connectivity index (χ3v) is 4.21. The molecule has 2 N–H and O–H groups in total. The van der Waals surface area contributed by atoms with Crippen molar-refractivity contribution in [1.29, 1.82) is 0 Å². The smallest absolute Gasteiger partial charge is 0.271 e. The van der Waals surface area contributed by atoms with Crippen LogP contribution in [0.15, 0.2) is 83.8 Å². The van der Waals surface area contributed by atoms with Crippen LogP contribution in [0.25, 0.3) is 16.9 Å². The van der Waals surface area contributed by atoms with Crippen LogP contribution >= 0.6 is 0 Å². The highest BCUT2D eigenvalue weighted by atomic mass is 16.2. The summed E-state index contributed by atoms with van der Waals surface area (Å²) in [6.45, 7) is 0.275. The van der Waals surface area contributed by atoms with Crippen LogP contribution in [0, 0.1) is 0 Å². The number of carbonyl (C=O) groups excluding carboxylic acids is 1. The van der Waals surface area contributed by atoms with Gasteiger partial charge < -0.3 is 5.32 Å². The Morgan fingerprint density at radius 3 is 2.36 bits per heavy atom. The van der Waals surface area contributed by atoms with Crippen LogP contribution in [0.1, 0.15) is 16.1 Å². The molecule has 2 heterocycles. The van der Waals surface area contributed by atoms with Gasteiger partial charge in [0.25, 0.3) is 11.5 Å². The van der Waals surface area contributed by atoms with E-state index < -0.39 is 0 Å². The number of benzene rings is 2. The molecule has 7 heteroatoms. The van der Waals surface area contributed by atoms with Crippen molar-refractivity contribution in [1.82, 2.24) is 25.3 Å². The van der Waals surface area contributed by atoms with E-state index in [4.69, 9.17) is 5.10 Å². The number of H-pyrrole nitrogens is 1. The van der Waals surface area contributed by atoms with Crippen molar-refractivity contribution in [2.45, 2.75) is 6.54 Å². The molecule has 0 saturated heterocycles. The van der Waals surface area contributed by atoms with E-state index in [2.05, 4.69) is 15.5 Å². The highest BCUT2D eigenvalue weighted by Crippen LogP contribution is 2.23.